The van der Waals surface area contributed by atoms with Gasteiger partial charge >= 0.3 is 0 Å². The van der Waals surface area contributed by atoms with Crippen molar-refractivity contribution in [3.05, 3.63) is 35.7 Å². The third kappa shape index (κ3) is 2.62. The first-order valence-electron chi connectivity index (χ1n) is 7.70. The number of nitrogens with zero attached hydrogens (tertiary/aromatic N) is 4. The van der Waals surface area contributed by atoms with Gasteiger partial charge in [-0.05, 0) is 31.4 Å². The van der Waals surface area contributed by atoms with Crippen LogP contribution in [0.15, 0.2) is 24.3 Å². The van der Waals surface area contributed by atoms with E-state index in [4.69, 9.17) is 4.98 Å². The van der Waals surface area contributed by atoms with Gasteiger partial charge in [0.1, 0.15) is 5.82 Å². The summed E-state index contributed by atoms with van der Waals surface area (Å²) >= 11 is 1.57. The lowest BCUT2D eigenvalue weighted by atomic mass is 10.1. The molecule has 2 heterocycles. The molecule has 2 aliphatic rings. The molecule has 1 aromatic heterocycles. The molecule has 1 saturated heterocycles. The molecule has 5 heteroatoms. The van der Waals surface area contributed by atoms with Gasteiger partial charge < -0.3 is 9.80 Å². The predicted octanol–water partition coefficient (Wildman–Crippen LogP) is 3.05. The molecule has 4 rings (SSSR count). The number of hydrogen-bond acceptors (Lipinski definition) is 5. The van der Waals surface area contributed by atoms with Gasteiger partial charge in [-0.15, -0.1) is 0 Å². The third-order valence-electron chi connectivity index (χ3n) is 4.38. The molecule has 4 nitrogen and oxygen atoms in total. The van der Waals surface area contributed by atoms with Crippen molar-refractivity contribution >= 4 is 22.4 Å². The van der Waals surface area contributed by atoms with E-state index in [1.807, 2.05) is 0 Å². The zero-order valence-electron chi connectivity index (χ0n) is 12.3. The Hall–Kier alpha value is -1.62. The van der Waals surface area contributed by atoms with E-state index in [-0.39, 0.29) is 0 Å². The number of piperazine rings is 1. The molecule has 110 valence electrons. The zero-order valence-corrected chi connectivity index (χ0v) is 13.1. The van der Waals surface area contributed by atoms with Crippen molar-refractivity contribution in [2.24, 2.45) is 0 Å². The minimum atomic E-state index is 0.656. The quantitative estimate of drug-likeness (QED) is 0.872. The van der Waals surface area contributed by atoms with E-state index in [1.54, 1.807) is 11.5 Å². The van der Waals surface area contributed by atoms with E-state index >= 15 is 0 Å². The first-order valence-corrected chi connectivity index (χ1v) is 8.48. The molecule has 0 amide bonds. The highest BCUT2D eigenvalue weighted by Crippen LogP contribution is 2.39. The fourth-order valence-corrected chi connectivity index (χ4v) is 3.72. The van der Waals surface area contributed by atoms with Crippen LogP contribution in [-0.2, 0) is 0 Å². The van der Waals surface area contributed by atoms with Gasteiger partial charge in [-0.3, -0.25) is 0 Å². The average molecular weight is 300 g/mol. The number of benzene rings is 1. The van der Waals surface area contributed by atoms with E-state index in [0.29, 0.717) is 5.92 Å². The van der Waals surface area contributed by atoms with Crippen LogP contribution in [0.2, 0.25) is 0 Å². The highest BCUT2D eigenvalue weighted by Gasteiger charge is 2.29. The minimum Gasteiger partial charge on any atom is -0.368 e. The summed E-state index contributed by atoms with van der Waals surface area (Å²) in [6.45, 7) is 6.38. The molecule has 21 heavy (non-hydrogen) atoms. The summed E-state index contributed by atoms with van der Waals surface area (Å²) in [6.07, 6.45) is 2.55. The molecule has 0 radical (unpaired) electrons. The van der Waals surface area contributed by atoms with Gasteiger partial charge in [-0.1, -0.05) is 18.2 Å². The molecule has 2 fully saturated rings. The Kier molecular flexibility index (Phi) is 3.30. The molecule has 0 bridgehead atoms. The SMILES string of the molecule is Cc1ccccc1N1CCN(c2nc(C3CC3)ns2)CC1. The van der Waals surface area contributed by atoms with Crippen molar-refractivity contribution in [2.45, 2.75) is 25.7 Å². The predicted molar refractivity (Wildman–Crippen MR) is 87.5 cm³/mol. The summed E-state index contributed by atoms with van der Waals surface area (Å²) < 4.78 is 4.52. The molecule has 2 aromatic rings. The Morgan fingerprint density at radius 2 is 1.76 bits per heavy atom. The van der Waals surface area contributed by atoms with E-state index in [0.717, 1.165) is 37.1 Å². The summed E-state index contributed by atoms with van der Waals surface area (Å²) in [5, 5.41) is 1.11. The Morgan fingerprint density at radius 1 is 1.05 bits per heavy atom. The highest BCUT2D eigenvalue weighted by atomic mass is 32.1. The van der Waals surface area contributed by atoms with Crippen LogP contribution in [0.5, 0.6) is 0 Å². The van der Waals surface area contributed by atoms with E-state index in [2.05, 4.69) is 45.4 Å². The fraction of sp³-hybridized carbons (Fsp3) is 0.500. The smallest absolute Gasteiger partial charge is 0.205 e. The van der Waals surface area contributed by atoms with Gasteiger partial charge in [0.2, 0.25) is 5.13 Å². The maximum atomic E-state index is 4.73. The summed E-state index contributed by atoms with van der Waals surface area (Å²) in [4.78, 5) is 9.59. The number of para-hydroxylation sites is 1. The van der Waals surface area contributed by atoms with Gasteiger partial charge in [0, 0.05) is 49.3 Å². The lowest BCUT2D eigenvalue weighted by Gasteiger charge is -2.36. The standard InChI is InChI=1S/C16H20N4S/c1-12-4-2-3-5-14(12)19-8-10-20(11-9-19)16-17-15(18-21-16)13-6-7-13/h2-5,13H,6-11H2,1H3. The Labute approximate surface area is 129 Å². The van der Waals surface area contributed by atoms with Crippen LogP contribution in [-0.4, -0.2) is 35.5 Å². The highest BCUT2D eigenvalue weighted by molar-refractivity contribution is 7.09. The first-order chi connectivity index (χ1) is 10.3. The monoisotopic (exact) mass is 300 g/mol. The van der Waals surface area contributed by atoms with Crippen LogP contribution in [0.4, 0.5) is 10.8 Å². The van der Waals surface area contributed by atoms with Gasteiger partial charge in [0.25, 0.3) is 0 Å². The summed E-state index contributed by atoms with van der Waals surface area (Å²) in [5.74, 6) is 1.74. The number of hydrogen-bond donors (Lipinski definition) is 0. The number of aryl methyl sites for hydroxylation is 1. The minimum absolute atomic E-state index is 0.656. The average Bonchev–Trinajstić information content (AvgIpc) is 3.26. The summed E-state index contributed by atoms with van der Waals surface area (Å²) in [7, 11) is 0. The van der Waals surface area contributed by atoms with Crippen molar-refractivity contribution in [3.8, 4) is 0 Å². The van der Waals surface area contributed by atoms with Crippen LogP contribution in [0.3, 0.4) is 0 Å². The van der Waals surface area contributed by atoms with Crippen LogP contribution >= 0.6 is 11.5 Å². The molecule has 0 N–H and O–H groups in total. The molecule has 1 aromatic carbocycles. The second-order valence-electron chi connectivity index (χ2n) is 5.97. The van der Waals surface area contributed by atoms with Crippen molar-refractivity contribution in [1.29, 1.82) is 0 Å². The first kappa shape index (κ1) is 13.1. The maximum Gasteiger partial charge on any atom is 0.205 e. The largest absolute Gasteiger partial charge is 0.368 e. The maximum absolute atomic E-state index is 4.73. The molecule has 0 atom stereocenters. The van der Waals surface area contributed by atoms with Crippen molar-refractivity contribution in [1.82, 2.24) is 9.36 Å². The summed E-state index contributed by atoms with van der Waals surface area (Å²) in [5.41, 5.74) is 2.73. The molecule has 0 spiro atoms. The van der Waals surface area contributed by atoms with E-state index in [1.165, 1.54) is 24.1 Å². The van der Waals surface area contributed by atoms with Gasteiger partial charge in [-0.25, -0.2) is 4.98 Å². The molecular weight excluding hydrogens is 280 g/mol. The molecule has 1 aliphatic heterocycles. The van der Waals surface area contributed by atoms with Crippen molar-refractivity contribution in [2.75, 3.05) is 36.0 Å². The van der Waals surface area contributed by atoms with E-state index in [9.17, 15) is 0 Å². The molecule has 1 saturated carbocycles. The number of rotatable bonds is 3. The van der Waals surface area contributed by atoms with E-state index < -0.39 is 0 Å². The Morgan fingerprint density at radius 3 is 2.48 bits per heavy atom. The van der Waals surface area contributed by atoms with Crippen LogP contribution in [0.1, 0.15) is 30.1 Å². The summed E-state index contributed by atoms with van der Waals surface area (Å²) in [6, 6.07) is 8.65. The second-order valence-corrected chi connectivity index (χ2v) is 6.70. The molecule has 0 unspecified atom stereocenters. The Balaban J connectivity index is 1.43. The van der Waals surface area contributed by atoms with Crippen molar-refractivity contribution in [3.63, 3.8) is 0 Å². The number of anilines is 2. The second kappa shape index (κ2) is 5.30. The van der Waals surface area contributed by atoms with Gasteiger partial charge in [-0.2, -0.15) is 4.37 Å². The topological polar surface area (TPSA) is 32.3 Å². The van der Waals surface area contributed by atoms with Crippen LogP contribution in [0.25, 0.3) is 0 Å². The Bertz CT molecular complexity index is 627. The third-order valence-corrected chi connectivity index (χ3v) is 5.17. The lowest BCUT2D eigenvalue weighted by Crippen LogP contribution is -2.46. The van der Waals surface area contributed by atoms with Gasteiger partial charge in [0.05, 0.1) is 0 Å². The molecular formula is C16H20N4S. The van der Waals surface area contributed by atoms with Gasteiger partial charge in [0.15, 0.2) is 0 Å². The number of aromatic nitrogens is 2. The zero-order chi connectivity index (χ0) is 14.2. The lowest BCUT2D eigenvalue weighted by molar-refractivity contribution is 0.650. The van der Waals surface area contributed by atoms with Crippen molar-refractivity contribution < 1.29 is 0 Å². The molecule has 1 aliphatic carbocycles. The normalized spacial score (nSPS) is 19.1. The van der Waals surface area contributed by atoms with Crippen LogP contribution < -0.4 is 9.80 Å². The fourth-order valence-electron chi connectivity index (χ4n) is 2.92. The van der Waals surface area contributed by atoms with Crippen LogP contribution in [0, 0.1) is 6.92 Å².